The monoisotopic (exact) mass is 289 g/mol. The Bertz CT molecular complexity index is 577. The molecule has 0 radical (unpaired) electrons. The van der Waals surface area contributed by atoms with Gasteiger partial charge in [-0.15, -0.1) is 0 Å². The molecule has 0 saturated heterocycles. The second-order valence-electron chi connectivity index (χ2n) is 4.95. The molecule has 1 atom stereocenters. The van der Waals surface area contributed by atoms with Crippen molar-refractivity contribution in [2.24, 2.45) is 0 Å². The maximum atomic E-state index is 5.79. The molecule has 1 aromatic heterocycles. The van der Waals surface area contributed by atoms with Crippen LogP contribution in [0.4, 0.5) is 0 Å². The maximum absolute atomic E-state index is 5.79. The van der Waals surface area contributed by atoms with Gasteiger partial charge in [-0.05, 0) is 49.7 Å². The first kappa shape index (κ1) is 15.4. The summed E-state index contributed by atoms with van der Waals surface area (Å²) >= 11 is 0. The van der Waals surface area contributed by atoms with Gasteiger partial charge in [0.05, 0.1) is 20.3 Å². The Morgan fingerprint density at radius 2 is 1.86 bits per heavy atom. The molecule has 4 heteroatoms. The normalized spacial score (nSPS) is 12.2. The van der Waals surface area contributed by atoms with E-state index in [-0.39, 0.29) is 6.04 Å². The molecule has 0 bridgehead atoms. The van der Waals surface area contributed by atoms with Gasteiger partial charge in [-0.2, -0.15) is 0 Å². The van der Waals surface area contributed by atoms with Gasteiger partial charge in [-0.1, -0.05) is 13.0 Å². The summed E-state index contributed by atoms with van der Waals surface area (Å²) in [6, 6.07) is 9.95. The third-order valence-corrected chi connectivity index (χ3v) is 3.39. The fourth-order valence-electron chi connectivity index (χ4n) is 2.31. The predicted molar refractivity (Wildman–Crippen MR) is 83.1 cm³/mol. The van der Waals surface area contributed by atoms with Crippen molar-refractivity contribution in [2.75, 3.05) is 20.8 Å². The zero-order chi connectivity index (χ0) is 15.2. The Morgan fingerprint density at radius 1 is 1.10 bits per heavy atom. The van der Waals surface area contributed by atoms with E-state index in [2.05, 4.69) is 12.2 Å². The first-order chi connectivity index (χ1) is 10.2. The Balaban J connectivity index is 2.36. The third kappa shape index (κ3) is 3.58. The molecule has 1 N–H and O–H groups in total. The lowest BCUT2D eigenvalue weighted by Gasteiger charge is -2.18. The average Bonchev–Trinajstić information content (AvgIpc) is 2.93. The van der Waals surface area contributed by atoms with Crippen molar-refractivity contribution in [1.29, 1.82) is 0 Å². The van der Waals surface area contributed by atoms with Gasteiger partial charge >= 0.3 is 0 Å². The number of nitrogens with one attached hydrogen (secondary N) is 1. The molecule has 1 heterocycles. The van der Waals surface area contributed by atoms with Crippen LogP contribution >= 0.6 is 0 Å². The lowest BCUT2D eigenvalue weighted by atomic mass is 10.0. The first-order valence-corrected chi connectivity index (χ1v) is 7.21. The van der Waals surface area contributed by atoms with E-state index >= 15 is 0 Å². The number of benzene rings is 1. The molecule has 0 amide bonds. The van der Waals surface area contributed by atoms with Crippen LogP contribution in [-0.4, -0.2) is 20.8 Å². The molecule has 1 aromatic carbocycles. The number of aryl methyl sites for hydroxylation is 1. The molecule has 0 fully saturated rings. The van der Waals surface area contributed by atoms with E-state index in [9.17, 15) is 0 Å². The van der Waals surface area contributed by atoms with Crippen molar-refractivity contribution < 1.29 is 13.9 Å². The molecule has 4 nitrogen and oxygen atoms in total. The van der Waals surface area contributed by atoms with Crippen molar-refractivity contribution in [2.45, 2.75) is 26.3 Å². The van der Waals surface area contributed by atoms with Gasteiger partial charge in [0.15, 0.2) is 11.5 Å². The van der Waals surface area contributed by atoms with Gasteiger partial charge in [-0.3, -0.25) is 0 Å². The average molecular weight is 289 g/mol. The van der Waals surface area contributed by atoms with Gasteiger partial charge in [0.25, 0.3) is 0 Å². The van der Waals surface area contributed by atoms with E-state index in [1.54, 1.807) is 14.2 Å². The molecule has 0 spiro atoms. The number of hydrogen-bond donors (Lipinski definition) is 1. The highest BCUT2D eigenvalue weighted by molar-refractivity contribution is 5.45. The van der Waals surface area contributed by atoms with Crippen LogP contribution in [0.15, 0.2) is 34.7 Å². The molecule has 1 unspecified atom stereocenters. The number of ether oxygens (including phenoxy) is 2. The first-order valence-electron chi connectivity index (χ1n) is 7.21. The van der Waals surface area contributed by atoms with Gasteiger partial charge in [0.2, 0.25) is 0 Å². The van der Waals surface area contributed by atoms with Crippen LogP contribution in [0.1, 0.15) is 36.5 Å². The molecule has 0 aliphatic carbocycles. The van der Waals surface area contributed by atoms with E-state index in [1.807, 2.05) is 37.3 Å². The highest BCUT2D eigenvalue weighted by Crippen LogP contribution is 2.32. The van der Waals surface area contributed by atoms with Crippen LogP contribution in [0.2, 0.25) is 0 Å². The lowest BCUT2D eigenvalue weighted by molar-refractivity contribution is 0.353. The van der Waals surface area contributed by atoms with Gasteiger partial charge in [-0.25, -0.2) is 0 Å². The minimum absolute atomic E-state index is 0.0125. The van der Waals surface area contributed by atoms with Crippen molar-refractivity contribution >= 4 is 0 Å². The van der Waals surface area contributed by atoms with Crippen LogP contribution in [0, 0.1) is 6.92 Å². The van der Waals surface area contributed by atoms with Gasteiger partial charge in [0.1, 0.15) is 11.5 Å². The second kappa shape index (κ2) is 7.18. The smallest absolute Gasteiger partial charge is 0.161 e. The van der Waals surface area contributed by atoms with Crippen LogP contribution in [0.25, 0.3) is 0 Å². The van der Waals surface area contributed by atoms with Crippen molar-refractivity contribution in [3.05, 3.63) is 47.4 Å². The highest BCUT2D eigenvalue weighted by atomic mass is 16.5. The summed E-state index contributed by atoms with van der Waals surface area (Å²) in [7, 11) is 3.29. The van der Waals surface area contributed by atoms with E-state index in [1.165, 1.54) is 0 Å². The van der Waals surface area contributed by atoms with Crippen LogP contribution in [-0.2, 0) is 0 Å². The molecule has 2 aromatic rings. The van der Waals surface area contributed by atoms with Crippen molar-refractivity contribution in [1.82, 2.24) is 5.32 Å². The summed E-state index contributed by atoms with van der Waals surface area (Å²) in [5.74, 6) is 3.27. The summed E-state index contributed by atoms with van der Waals surface area (Å²) in [5.41, 5.74) is 1.09. The number of rotatable bonds is 7. The van der Waals surface area contributed by atoms with Crippen molar-refractivity contribution in [3.8, 4) is 11.5 Å². The van der Waals surface area contributed by atoms with E-state index in [0.29, 0.717) is 0 Å². The topological polar surface area (TPSA) is 43.6 Å². The molecule has 2 rings (SSSR count). The lowest BCUT2D eigenvalue weighted by Crippen LogP contribution is -2.22. The number of hydrogen-bond acceptors (Lipinski definition) is 4. The van der Waals surface area contributed by atoms with Gasteiger partial charge < -0.3 is 19.2 Å². The minimum Gasteiger partial charge on any atom is -0.493 e. The summed E-state index contributed by atoms with van der Waals surface area (Å²) < 4.78 is 16.5. The van der Waals surface area contributed by atoms with Gasteiger partial charge in [0, 0.05) is 0 Å². The molecular formula is C17H23NO3. The fraction of sp³-hybridized carbons (Fsp3) is 0.412. The van der Waals surface area contributed by atoms with E-state index in [4.69, 9.17) is 13.9 Å². The van der Waals surface area contributed by atoms with E-state index < -0.39 is 0 Å². The standard InChI is InChI=1S/C17H23NO3/c1-5-10-18-17(15-8-6-12(2)21-15)13-7-9-14(19-3)16(11-13)20-4/h6-9,11,17-18H,5,10H2,1-4H3. The Morgan fingerprint density at radius 3 is 2.43 bits per heavy atom. The molecule has 21 heavy (non-hydrogen) atoms. The Hall–Kier alpha value is -1.94. The minimum atomic E-state index is 0.0125. The highest BCUT2D eigenvalue weighted by Gasteiger charge is 2.18. The summed E-state index contributed by atoms with van der Waals surface area (Å²) in [4.78, 5) is 0. The Kier molecular flexibility index (Phi) is 5.28. The summed E-state index contributed by atoms with van der Waals surface area (Å²) in [6.45, 7) is 5.01. The largest absolute Gasteiger partial charge is 0.493 e. The molecular weight excluding hydrogens is 266 g/mol. The molecule has 114 valence electrons. The maximum Gasteiger partial charge on any atom is 0.161 e. The van der Waals surface area contributed by atoms with Crippen LogP contribution in [0.3, 0.4) is 0 Å². The second-order valence-corrected chi connectivity index (χ2v) is 4.95. The third-order valence-electron chi connectivity index (χ3n) is 3.39. The van der Waals surface area contributed by atoms with Crippen molar-refractivity contribution in [3.63, 3.8) is 0 Å². The fourth-order valence-corrected chi connectivity index (χ4v) is 2.31. The molecule has 0 saturated carbocycles. The SMILES string of the molecule is CCCNC(c1ccc(OC)c(OC)c1)c1ccc(C)o1. The number of methoxy groups -OCH3 is 2. The zero-order valence-electron chi connectivity index (χ0n) is 13.1. The zero-order valence-corrected chi connectivity index (χ0v) is 13.1. The Labute approximate surface area is 126 Å². The summed E-state index contributed by atoms with van der Waals surface area (Å²) in [6.07, 6.45) is 1.06. The van der Waals surface area contributed by atoms with Crippen LogP contribution < -0.4 is 14.8 Å². The molecule has 0 aliphatic heterocycles. The van der Waals surface area contributed by atoms with Crippen LogP contribution in [0.5, 0.6) is 11.5 Å². The predicted octanol–water partition coefficient (Wildman–Crippen LogP) is 3.69. The van der Waals surface area contributed by atoms with E-state index in [0.717, 1.165) is 41.5 Å². The molecule has 0 aliphatic rings. The number of furan rings is 1. The summed E-state index contributed by atoms with van der Waals surface area (Å²) in [5, 5.41) is 3.51. The quantitative estimate of drug-likeness (QED) is 0.844.